The van der Waals surface area contributed by atoms with E-state index < -0.39 is 0 Å². The summed E-state index contributed by atoms with van der Waals surface area (Å²) in [5.74, 6) is 0. The monoisotopic (exact) mass is 424 g/mol. The van der Waals surface area contributed by atoms with Crippen LogP contribution in [-0.4, -0.2) is 4.57 Å². The van der Waals surface area contributed by atoms with Crippen LogP contribution in [0.5, 0.6) is 0 Å². The Labute approximate surface area is 193 Å². The highest BCUT2D eigenvalue weighted by atomic mass is 15.0. The first-order valence-corrected chi connectivity index (χ1v) is 11.2. The van der Waals surface area contributed by atoms with E-state index in [-0.39, 0.29) is 0 Å². The van der Waals surface area contributed by atoms with E-state index in [4.69, 9.17) is 0 Å². The maximum absolute atomic E-state index is 4.10. The molecule has 0 aliphatic rings. The summed E-state index contributed by atoms with van der Waals surface area (Å²) in [7, 11) is 0. The van der Waals surface area contributed by atoms with Gasteiger partial charge in [0.15, 0.2) is 0 Å². The van der Waals surface area contributed by atoms with Crippen molar-refractivity contribution >= 4 is 50.0 Å². The van der Waals surface area contributed by atoms with Gasteiger partial charge in [0.05, 0.1) is 16.7 Å². The Morgan fingerprint density at radius 2 is 1.42 bits per heavy atom. The molecule has 0 atom stereocenters. The number of fused-ring (bicyclic) bond motifs is 4. The van der Waals surface area contributed by atoms with Crippen LogP contribution < -0.4 is 5.32 Å². The van der Waals surface area contributed by atoms with Crippen molar-refractivity contribution in [3.05, 3.63) is 121 Å². The van der Waals surface area contributed by atoms with Gasteiger partial charge in [-0.15, -0.1) is 0 Å². The van der Waals surface area contributed by atoms with Gasteiger partial charge in [-0.3, -0.25) is 0 Å². The molecule has 1 aromatic heterocycles. The van der Waals surface area contributed by atoms with Gasteiger partial charge in [0.25, 0.3) is 0 Å². The van der Waals surface area contributed by atoms with Gasteiger partial charge in [0.1, 0.15) is 0 Å². The highest BCUT2D eigenvalue weighted by Crippen LogP contribution is 2.41. The van der Waals surface area contributed by atoms with Crippen molar-refractivity contribution in [1.29, 1.82) is 0 Å². The third-order valence-corrected chi connectivity index (χ3v) is 6.39. The number of aryl methyl sites for hydroxylation is 1. The normalized spacial score (nSPS) is 11.3. The summed E-state index contributed by atoms with van der Waals surface area (Å²) >= 11 is 0. The second kappa shape index (κ2) is 7.68. The van der Waals surface area contributed by atoms with Crippen LogP contribution in [0, 0.1) is 6.92 Å². The molecule has 158 valence electrons. The molecule has 1 N–H and O–H groups in total. The van der Waals surface area contributed by atoms with E-state index >= 15 is 0 Å². The maximum atomic E-state index is 4.10. The van der Waals surface area contributed by atoms with E-state index in [1.807, 2.05) is 12.1 Å². The Balaban J connectivity index is 1.77. The second-order valence-corrected chi connectivity index (χ2v) is 8.51. The molecule has 0 fully saturated rings. The van der Waals surface area contributed by atoms with Gasteiger partial charge in [-0.1, -0.05) is 78.9 Å². The lowest BCUT2D eigenvalue weighted by Gasteiger charge is -2.13. The molecule has 0 aliphatic carbocycles. The molecule has 0 radical (unpaired) electrons. The lowest BCUT2D eigenvalue weighted by atomic mass is 10.0. The van der Waals surface area contributed by atoms with Crippen molar-refractivity contribution in [1.82, 2.24) is 4.57 Å². The summed E-state index contributed by atoms with van der Waals surface area (Å²) in [5, 5.41) is 8.61. The molecule has 0 saturated carbocycles. The van der Waals surface area contributed by atoms with Gasteiger partial charge in [-0.2, -0.15) is 0 Å². The van der Waals surface area contributed by atoms with Gasteiger partial charge >= 0.3 is 0 Å². The maximum Gasteiger partial charge on any atom is 0.0562 e. The first-order valence-electron chi connectivity index (χ1n) is 11.2. The number of nitrogens with zero attached hydrogens (tertiary/aromatic N) is 1. The number of aromatic nitrogens is 1. The molecule has 0 aliphatic heterocycles. The van der Waals surface area contributed by atoms with E-state index in [1.54, 1.807) is 0 Å². The summed E-state index contributed by atoms with van der Waals surface area (Å²) in [6.45, 7) is 6.22. The second-order valence-electron chi connectivity index (χ2n) is 8.51. The average molecular weight is 425 g/mol. The lowest BCUT2D eigenvalue weighted by molar-refractivity contribution is 1.18. The van der Waals surface area contributed by atoms with Crippen LogP contribution in [0.1, 0.15) is 11.1 Å². The van der Waals surface area contributed by atoms with Crippen molar-refractivity contribution in [2.24, 2.45) is 0 Å². The minimum atomic E-state index is 1.06. The van der Waals surface area contributed by atoms with Crippen LogP contribution in [0.25, 0.3) is 44.3 Å². The minimum absolute atomic E-state index is 1.06. The zero-order valence-corrected chi connectivity index (χ0v) is 18.5. The molecule has 2 heteroatoms. The standard InChI is InChI=1S/C31H24N2/c1-3-22-15-18-28-30(31(22)32-25-11-5-4-6-12-25)27-19-23-9-7-8-10-24(23)20-29(27)33(28)26-16-13-21(2)14-17-26/h3-20,32H,1H2,2H3. The van der Waals surface area contributed by atoms with Crippen molar-refractivity contribution in [2.75, 3.05) is 5.32 Å². The summed E-state index contributed by atoms with van der Waals surface area (Å²) < 4.78 is 2.37. The predicted molar refractivity (Wildman–Crippen MR) is 143 cm³/mol. The molecular weight excluding hydrogens is 400 g/mol. The third kappa shape index (κ3) is 3.19. The van der Waals surface area contributed by atoms with Crippen molar-refractivity contribution in [3.63, 3.8) is 0 Å². The molecule has 6 rings (SSSR count). The van der Waals surface area contributed by atoms with Crippen molar-refractivity contribution in [3.8, 4) is 5.69 Å². The molecule has 5 aromatic carbocycles. The number of benzene rings is 5. The van der Waals surface area contributed by atoms with Gasteiger partial charge < -0.3 is 9.88 Å². The van der Waals surface area contributed by atoms with E-state index in [0.29, 0.717) is 0 Å². The van der Waals surface area contributed by atoms with Gasteiger partial charge in [0, 0.05) is 22.1 Å². The molecule has 6 aromatic rings. The Hall–Kier alpha value is -4.30. The smallest absolute Gasteiger partial charge is 0.0562 e. The topological polar surface area (TPSA) is 17.0 Å². The Bertz CT molecular complexity index is 1640. The van der Waals surface area contributed by atoms with Crippen molar-refractivity contribution < 1.29 is 0 Å². The zero-order valence-electron chi connectivity index (χ0n) is 18.5. The highest BCUT2D eigenvalue weighted by molar-refractivity contribution is 6.19. The number of rotatable bonds is 4. The van der Waals surface area contributed by atoms with E-state index in [0.717, 1.165) is 22.6 Å². The molecular formula is C31H24N2. The zero-order chi connectivity index (χ0) is 22.4. The fraction of sp³-hybridized carbons (Fsp3) is 0.0323. The highest BCUT2D eigenvalue weighted by Gasteiger charge is 2.18. The van der Waals surface area contributed by atoms with Crippen LogP contribution in [-0.2, 0) is 0 Å². The van der Waals surface area contributed by atoms with Crippen LogP contribution in [0.3, 0.4) is 0 Å². The number of para-hydroxylation sites is 1. The number of hydrogen-bond donors (Lipinski definition) is 1. The van der Waals surface area contributed by atoms with Crippen LogP contribution in [0.2, 0.25) is 0 Å². The van der Waals surface area contributed by atoms with Gasteiger partial charge in [-0.25, -0.2) is 0 Å². The molecule has 0 bridgehead atoms. The van der Waals surface area contributed by atoms with Crippen LogP contribution >= 0.6 is 0 Å². The van der Waals surface area contributed by atoms with Crippen LogP contribution in [0.15, 0.2) is 110 Å². The Morgan fingerprint density at radius 1 is 0.727 bits per heavy atom. The van der Waals surface area contributed by atoms with Crippen molar-refractivity contribution in [2.45, 2.75) is 6.92 Å². The van der Waals surface area contributed by atoms with Gasteiger partial charge in [0.2, 0.25) is 0 Å². The van der Waals surface area contributed by atoms with E-state index in [2.05, 4.69) is 120 Å². The molecule has 0 spiro atoms. The average Bonchev–Trinajstić information content (AvgIpc) is 3.17. The fourth-order valence-electron chi connectivity index (χ4n) is 4.75. The number of anilines is 2. The molecule has 0 unspecified atom stereocenters. The molecule has 0 amide bonds. The summed E-state index contributed by atoms with van der Waals surface area (Å²) in [4.78, 5) is 0. The molecule has 2 nitrogen and oxygen atoms in total. The summed E-state index contributed by atoms with van der Waals surface area (Å²) in [5.41, 5.74) is 8.02. The SMILES string of the molecule is C=Cc1ccc2c(c1Nc1ccccc1)c1cc3ccccc3cc1n2-c1ccc(C)cc1. The Morgan fingerprint density at radius 3 is 2.15 bits per heavy atom. The lowest BCUT2D eigenvalue weighted by Crippen LogP contribution is -1.96. The first-order chi connectivity index (χ1) is 16.2. The van der Waals surface area contributed by atoms with E-state index in [1.165, 1.54) is 38.1 Å². The number of hydrogen-bond acceptors (Lipinski definition) is 1. The molecule has 33 heavy (non-hydrogen) atoms. The summed E-state index contributed by atoms with van der Waals surface area (Å²) in [6, 6.07) is 36.7. The molecule has 0 saturated heterocycles. The molecule has 1 heterocycles. The van der Waals surface area contributed by atoms with Crippen LogP contribution in [0.4, 0.5) is 11.4 Å². The fourth-order valence-corrected chi connectivity index (χ4v) is 4.75. The first kappa shape index (κ1) is 19.4. The quantitative estimate of drug-likeness (QED) is 0.300. The predicted octanol–water partition coefficient (Wildman–Crippen LogP) is 8.63. The Kier molecular flexibility index (Phi) is 4.51. The van der Waals surface area contributed by atoms with Gasteiger partial charge in [-0.05, 0) is 65.7 Å². The van der Waals surface area contributed by atoms with E-state index in [9.17, 15) is 0 Å². The summed E-state index contributed by atoms with van der Waals surface area (Å²) in [6.07, 6.45) is 1.93. The largest absolute Gasteiger partial charge is 0.354 e. The third-order valence-electron chi connectivity index (χ3n) is 6.39. The number of nitrogens with one attached hydrogen (secondary N) is 1. The minimum Gasteiger partial charge on any atom is -0.354 e.